The summed E-state index contributed by atoms with van der Waals surface area (Å²) in [7, 11) is 1.39. The number of carbonyl (C=O) groups excluding carboxylic acids is 2. The third-order valence-corrected chi connectivity index (χ3v) is 4.63. The van der Waals surface area contributed by atoms with Gasteiger partial charge in [-0.3, -0.25) is 19.0 Å². The lowest BCUT2D eigenvalue weighted by Gasteiger charge is -2.14. The molecule has 0 unspecified atom stereocenters. The normalized spacial score (nSPS) is 10.5. The van der Waals surface area contributed by atoms with Crippen LogP contribution in [0.25, 0.3) is 11.4 Å². The first-order chi connectivity index (χ1) is 14.3. The highest BCUT2D eigenvalue weighted by Crippen LogP contribution is 2.19. The lowest BCUT2D eigenvalue weighted by Crippen LogP contribution is -2.35. The van der Waals surface area contributed by atoms with Crippen LogP contribution in [0.2, 0.25) is 5.02 Å². The van der Waals surface area contributed by atoms with Gasteiger partial charge in [-0.2, -0.15) is 0 Å². The van der Waals surface area contributed by atoms with Crippen LogP contribution in [0.1, 0.15) is 15.9 Å². The third kappa shape index (κ3) is 4.55. The van der Waals surface area contributed by atoms with Gasteiger partial charge in [-0.25, -0.2) is 9.37 Å². The maximum absolute atomic E-state index is 13.7. The van der Waals surface area contributed by atoms with E-state index < -0.39 is 29.7 Å². The molecule has 3 rings (SSSR count). The van der Waals surface area contributed by atoms with E-state index >= 15 is 0 Å². The van der Waals surface area contributed by atoms with Crippen LogP contribution >= 0.6 is 11.6 Å². The fourth-order valence-corrected chi connectivity index (χ4v) is 2.90. The highest BCUT2D eigenvalue weighted by atomic mass is 35.5. The highest BCUT2D eigenvalue weighted by molar-refractivity contribution is 6.30. The molecule has 2 amide bonds. The maximum atomic E-state index is 13.7. The second-order valence-corrected chi connectivity index (χ2v) is 6.92. The Hall–Kier alpha value is -3.52. The van der Waals surface area contributed by atoms with E-state index in [0.717, 1.165) is 10.8 Å². The average Bonchev–Trinajstić information content (AvgIpc) is 2.72. The molecule has 0 saturated carbocycles. The van der Waals surface area contributed by atoms with Crippen molar-refractivity contribution in [2.24, 2.45) is 0 Å². The van der Waals surface area contributed by atoms with E-state index in [0.29, 0.717) is 16.1 Å². The van der Waals surface area contributed by atoms with Gasteiger partial charge in [0.05, 0.1) is 0 Å². The summed E-state index contributed by atoms with van der Waals surface area (Å²) in [5, 5.41) is 5.41. The molecule has 0 fully saturated rings. The molecule has 0 saturated heterocycles. The van der Waals surface area contributed by atoms with Gasteiger partial charge < -0.3 is 10.6 Å². The van der Waals surface area contributed by atoms with Crippen molar-refractivity contribution in [3.05, 3.63) is 81.0 Å². The summed E-state index contributed by atoms with van der Waals surface area (Å²) < 4.78 is 14.8. The van der Waals surface area contributed by atoms with E-state index in [9.17, 15) is 18.8 Å². The number of hydrogen-bond donors (Lipinski definition) is 2. The number of amides is 2. The fraction of sp³-hybridized carbons (Fsp3) is 0.143. The molecule has 7 nitrogen and oxygen atoms in total. The van der Waals surface area contributed by atoms with Crippen molar-refractivity contribution in [2.75, 3.05) is 12.4 Å². The number of nitrogens with one attached hydrogen (secondary N) is 2. The molecule has 0 bridgehead atoms. The number of benzene rings is 2. The first-order valence-corrected chi connectivity index (χ1v) is 9.32. The zero-order chi connectivity index (χ0) is 21.8. The van der Waals surface area contributed by atoms with E-state index in [4.69, 9.17) is 11.6 Å². The lowest BCUT2D eigenvalue weighted by molar-refractivity contribution is -0.116. The molecule has 3 aromatic rings. The number of anilines is 1. The quantitative estimate of drug-likeness (QED) is 0.653. The van der Waals surface area contributed by atoms with Crippen LogP contribution in [0.3, 0.4) is 0 Å². The van der Waals surface area contributed by atoms with Gasteiger partial charge in [0.1, 0.15) is 23.7 Å². The SMILES string of the molecule is CNC(=O)c1cnc(-c2ccc(Cl)cc2)n(CC(=O)Nc2ccc(C)c(F)c2)c1=O. The summed E-state index contributed by atoms with van der Waals surface area (Å²) in [5.74, 6) is -1.47. The average molecular weight is 429 g/mol. The van der Waals surface area contributed by atoms with Gasteiger partial charge in [-0.05, 0) is 48.9 Å². The van der Waals surface area contributed by atoms with Crippen LogP contribution in [-0.2, 0) is 11.3 Å². The molecule has 0 aliphatic heterocycles. The van der Waals surface area contributed by atoms with Crippen molar-refractivity contribution < 1.29 is 14.0 Å². The van der Waals surface area contributed by atoms with Crippen LogP contribution in [0.4, 0.5) is 10.1 Å². The van der Waals surface area contributed by atoms with Crippen LogP contribution in [0, 0.1) is 12.7 Å². The van der Waals surface area contributed by atoms with Crippen molar-refractivity contribution in [1.29, 1.82) is 0 Å². The Morgan fingerprint density at radius 1 is 1.17 bits per heavy atom. The molecule has 2 aromatic carbocycles. The maximum Gasteiger partial charge on any atom is 0.267 e. The minimum absolute atomic E-state index is 0.189. The van der Waals surface area contributed by atoms with Gasteiger partial charge in [0.15, 0.2) is 0 Å². The number of nitrogens with zero attached hydrogens (tertiary/aromatic N) is 2. The van der Waals surface area contributed by atoms with Crippen molar-refractivity contribution in [3.8, 4) is 11.4 Å². The van der Waals surface area contributed by atoms with E-state index in [1.54, 1.807) is 37.3 Å². The van der Waals surface area contributed by atoms with Gasteiger partial charge in [0.25, 0.3) is 11.5 Å². The summed E-state index contributed by atoms with van der Waals surface area (Å²) in [6.45, 7) is 1.18. The molecule has 0 aliphatic rings. The van der Waals surface area contributed by atoms with E-state index in [1.807, 2.05) is 0 Å². The van der Waals surface area contributed by atoms with Gasteiger partial charge >= 0.3 is 0 Å². The second kappa shape index (κ2) is 8.87. The first kappa shape index (κ1) is 21.2. The van der Waals surface area contributed by atoms with Crippen LogP contribution in [0.5, 0.6) is 0 Å². The molecule has 0 spiro atoms. The summed E-state index contributed by atoms with van der Waals surface area (Å²) in [5.41, 5.74) is 0.342. The van der Waals surface area contributed by atoms with Gasteiger partial charge in [0.2, 0.25) is 5.91 Å². The topological polar surface area (TPSA) is 93.1 Å². The molecular weight excluding hydrogens is 411 g/mol. The van der Waals surface area contributed by atoms with Crippen LogP contribution in [-0.4, -0.2) is 28.4 Å². The van der Waals surface area contributed by atoms with Crippen molar-refractivity contribution in [2.45, 2.75) is 13.5 Å². The fourth-order valence-electron chi connectivity index (χ4n) is 2.77. The summed E-state index contributed by atoms with van der Waals surface area (Å²) in [6.07, 6.45) is 1.16. The predicted molar refractivity (Wildman–Crippen MR) is 112 cm³/mol. The Labute approximate surface area is 176 Å². The Balaban J connectivity index is 2.00. The number of aromatic nitrogens is 2. The Morgan fingerprint density at radius 3 is 2.50 bits per heavy atom. The van der Waals surface area contributed by atoms with E-state index in [-0.39, 0.29) is 17.1 Å². The number of hydrogen-bond acceptors (Lipinski definition) is 4. The molecule has 30 heavy (non-hydrogen) atoms. The molecule has 0 radical (unpaired) electrons. The molecule has 2 N–H and O–H groups in total. The summed E-state index contributed by atoms with van der Waals surface area (Å²) >= 11 is 5.92. The third-order valence-electron chi connectivity index (χ3n) is 4.38. The van der Waals surface area contributed by atoms with Crippen molar-refractivity contribution >= 4 is 29.1 Å². The number of aryl methyl sites for hydroxylation is 1. The lowest BCUT2D eigenvalue weighted by atomic mass is 10.2. The van der Waals surface area contributed by atoms with Crippen LogP contribution < -0.4 is 16.2 Å². The Bertz CT molecular complexity index is 1180. The molecule has 154 valence electrons. The van der Waals surface area contributed by atoms with Gasteiger partial charge in [-0.1, -0.05) is 17.7 Å². The Morgan fingerprint density at radius 2 is 1.87 bits per heavy atom. The largest absolute Gasteiger partial charge is 0.355 e. The van der Waals surface area contributed by atoms with Crippen molar-refractivity contribution in [3.63, 3.8) is 0 Å². The number of halogens is 2. The van der Waals surface area contributed by atoms with E-state index in [1.165, 1.54) is 19.2 Å². The van der Waals surface area contributed by atoms with Gasteiger partial charge in [-0.15, -0.1) is 0 Å². The van der Waals surface area contributed by atoms with E-state index in [2.05, 4.69) is 15.6 Å². The number of rotatable bonds is 5. The second-order valence-electron chi connectivity index (χ2n) is 6.48. The smallest absolute Gasteiger partial charge is 0.267 e. The standard InChI is InChI=1S/C21H18ClFN4O3/c1-12-3-8-15(9-17(12)23)26-18(28)11-27-19(13-4-6-14(22)7-5-13)25-10-16(21(27)30)20(29)24-2/h3-10H,11H2,1-2H3,(H,24,29)(H,26,28). The Kier molecular flexibility index (Phi) is 6.27. The van der Waals surface area contributed by atoms with Gasteiger partial charge in [0, 0.05) is 29.5 Å². The number of carbonyl (C=O) groups is 2. The molecule has 1 aromatic heterocycles. The summed E-state index contributed by atoms with van der Waals surface area (Å²) in [6, 6.07) is 10.8. The summed E-state index contributed by atoms with van der Waals surface area (Å²) in [4.78, 5) is 41.7. The predicted octanol–water partition coefficient (Wildman–Crippen LogP) is 3.01. The minimum atomic E-state index is -0.681. The zero-order valence-corrected chi connectivity index (χ0v) is 17.0. The minimum Gasteiger partial charge on any atom is -0.355 e. The first-order valence-electron chi connectivity index (χ1n) is 8.94. The molecule has 0 aliphatic carbocycles. The molecule has 1 heterocycles. The molecular formula is C21H18ClFN4O3. The van der Waals surface area contributed by atoms with Crippen LogP contribution in [0.15, 0.2) is 53.5 Å². The molecule has 9 heteroatoms. The monoisotopic (exact) mass is 428 g/mol. The zero-order valence-electron chi connectivity index (χ0n) is 16.2. The molecule has 0 atom stereocenters. The van der Waals surface area contributed by atoms with Crippen molar-refractivity contribution in [1.82, 2.24) is 14.9 Å². The highest BCUT2D eigenvalue weighted by Gasteiger charge is 2.18.